The van der Waals surface area contributed by atoms with Gasteiger partial charge >= 0.3 is 0 Å². The summed E-state index contributed by atoms with van der Waals surface area (Å²) < 4.78 is 0. The average Bonchev–Trinajstić information content (AvgIpc) is 3.30. The summed E-state index contributed by atoms with van der Waals surface area (Å²) in [6.45, 7) is 0. The lowest BCUT2D eigenvalue weighted by Gasteiger charge is -2.28. The first kappa shape index (κ1) is 34.0. The Bertz CT molecular complexity index is 2990. The van der Waals surface area contributed by atoms with Gasteiger partial charge in [0.05, 0.1) is 5.69 Å². The Labute approximate surface area is 334 Å². The van der Waals surface area contributed by atoms with E-state index in [-0.39, 0.29) is 0 Å². The van der Waals surface area contributed by atoms with E-state index in [1.807, 2.05) is 0 Å². The van der Waals surface area contributed by atoms with E-state index in [0.717, 1.165) is 17.1 Å². The Morgan fingerprint density at radius 2 is 0.719 bits per heavy atom. The van der Waals surface area contributed by atoms with Gasteiger partial charge in [-0.1, -0.05) is 200 Å². The molecule has 0 heterocycles. The smallest absolute Gasteiger partial charge is 0.0540 e. The van der Waals surface area contributed by atoms with Crippen LogP contribution < -0.4 is 4.90 Å². The van der Waals surface area contributed by atoms with Gasteiger partial charge in [0, 0.05) is 16.9 Å². The summed E-state index contributed by atoms with van der Waals surface area (Å²) in [5.41, 5.74) is 15.3. The van der Waals surface area contributed by atoms with Crippen LogP contribution in [-0.2, 0) is 0 Å². The van der Waals surface area contributed by atoms with Crippen LogP contribution in [0.5, 0.6) is 0 Å². The van der Waals surface area contributed by atoms with Crippen LogP contribution in [0.4, 0.5) is 17.1 Å². The van der Waals surface area contributed by atoms with Crippen LogP contribution in [0.15, 0.2) is 237 Å². The summed E-state index contributed by atoms with van der Waals surface area (Å²) in [7, 11) is 0. The van der Waals surface area contributed by atoms with E-state index in [1.165, 1.54) is 77.2 Å². The number of para-hydroxylation sites is 1. The third-order valence-corrected chi connectivity index (χ3v) is 11.1. The number of nitrogens with zero attached hydrogens (tertiary/aromatic N) is 1. The van der Waals surface area contributed by atoms with E-state index < -0.39 is 0 Å². The maximum Gasteiger partial charge on any atom is 0.0540 e. The Morgan fingerprint density at radius 3 is 1.53 bits per heavy atom. The first-order valence-electron chi connectivity index (χ1n) is 19.6. The molecule has 1 heteroatoms. The molecule has 0 aliphatic rings. The number of rotatable bonds is 8. The van der Waals surface area contributed by atoms with Crippen molar-refractivity contribution in [2.24, 2.45) is 0 Å². The van der Waals surface area contributed by atoms with Crippen LogP contribution in [0.25, 0.3) is 77.2 Å². The quantitative estimate of drug-likeness (QED) is 0.151. The van der Waals surface area contributed by atoms with Gasteiger partial charge in [0.2, 0.25) is 0 Å². The van der Waals surface area contributed by atoms with Gasteiger partial charge in [-0.2, -0.15) is 0 Å². The molecule has 10 aromatic carbocycles. The zero-order valence-corrected chi connectivity index (χ0v) is 31.5. The number of fused-ring (bicyclic) bond motifs is 2. The molecule has 0 amide bonds. The molecule has 0 saturated heterocycles. The van der Waals surface area contributed by atoms with Crippen LogP contribution in [0.1, 0.15) is 0 Å². The largest absolute Gasteiger partial charge is 0.310 e. The molecule has 0 bridgehead atoms. The average molecular weight is 726 g/mol. The number of hydrogen-bond donors (Lipinski definition) is 0. The summed E-state index contributed by atoms with van der Waals surface area (Å²) in [6, 6.07) is 85.7. The summed E-state index contributed by atoms with van der Waals surface area (Å²) in [5, 5.41) is 4.98. The third kappa shape index (κ3) is 6.66. The highest BCUT2D eigenvalue weighted by Crippen LogP contribution is 2.44. The minimum absolute atomic E-state index is 1.09. The fourth-order valence-corrected chi connectivity index (χ4v) is 8.24. The molecule has 0 saturated carbocycles. The van der Waals surface area contributed by atoms with E-state index in [9.17, 15) is 0 Å². The highest BCUT2D eigenvalue weighted by atomic mass is 15.1. The highest BCUT2D eigenvalue weighted by Gasteiger charge is 2.19. The Balaban J connectivity index is 1.09. The minimum atomic E-state index is 1.09. The van der Waals surface area contributed by atoms with Crippen LogP contribution in [-0.4, -0.2) is 0 Å². The predicted molar refractivity (Wildman–Crippen MR) is 243 cm³/mol. The van der Waals surface area contributed by atoms with Crippen molar-refractivity contribution < 1.29 is 0 Å². The summed E-state index contributed by atoms with van der Waals surface area (Å²) in [5.74, 6) is 0. The zero-order valence-electron chi connectivity index (χ0n) is 31.5. The molecule has 57 heavy (non-hydrogen) atoms. The van der Waals surface area contributed by atoms with Crippen molar-refractivity contribution in [3.05, 3.63) is 237 Å². The fourth-order valence-electron chi connectivity index (χ4n) is 8.24. The van der Waals surface area contributed by atoms with Crippen molar-refractivity contribution in [1.82, 2.24) is 0 Å². The minimum Gasteiger partial charge on any atom is -0.310 e. The van der Waals surface area contributed by atoms with Crippen LogP contribution in [0.2, 0.25) is 0 Å². The SMILES string of the molecule is c1ccc(-c2ccc(-c3ccccc3N(c3ccc(-c4ccccc4-c4ccc5ccccc5c4)cc3)c3cccc(-c4cccc5ccccc45)c3)cc2)cc1. The van der Waals surface area contributed by atoms with Gasteiger partial charge < -0.3 is 4.90 Å². The maximum absolute atomic E-state index is 2.41. The Morgan fingerprint density at radius 1 is 0.228 bits per heavy atom. The molecule has 0 radical (unpaired) electrons. The van der Waals surface area contributed by atoms with Crippen molar-refractivity contribution in [1.29, 1.82) is 0 Å². The molecule has 10 aromatic rings. The molecule has 268 valence electrons. The van der Waals surface area contributed by atoms with Gasteiger partial charge in [-0.15, -0.1) is 0 Å². The lowest BCUT2D eigenvalue weighted by Crippen LogP contribution is -2.11. The molecule has 10 rings (SSSR count). The van der Waals surface area contributed by atoms with Crippen molar-refractivity contribution in [3.8, 4) is 55.6 Å². The Kier molecular flexibility index (Phi) is 8.95. The summed E-state index contributed by atoms with van der Waals surface area (Å²) in [6.07, 6.45) is 0. The Hall–Kier alpha value is -7.48. The summed E-state index contributed by atoms with van der Waals surface area (Å²) in [4.78, 5) is 2.41. The second kappa shape index (κ2) is 15.0. The van der Waals surface area contributed by atoms with E-state index in [4.69, 9.17) is 0 Å². The molecule has 0 N–H and O–H groups in total. The van der Waals surface area contributed by atoms with Gasteiger partial charge in [-0.25, -0.2) is 0 Å². The van der Waals surface area contributed by atoms with Crippen molar-refractivity contribution in [3.63, 3.8) is 0 Å². The monoisotopic (exact) mass is 725 g/mol. The van der Waals surface area contributed by atoms with Gasteiger partial charge in [-0.05, 0) is 108 Å². The first-order valence-corrected chi connectivity index (χ1v) is 19.6. The van der Waals surface area contributed by atoms with Crippen molar-refractivity contribution >= 4 is 38.6 Å². The molecule has 1 nitrogen and oxygen atoms in total. The predicted octanol–water partition coefficient (Wildman–Crippen LogP) is 15.8. The van der Waals surface area contributed by atoms with Crippen molar-refractivity contribution in [2.45, 2.75) is 0 Å². The van der Waals surface area contributed by atoms with Crippen LogP contribution >= 0.6 is 0 Å². The van der Waals surface area contributed by atoms with Crippen LogP contribution in [0, 0.1) is 0 Å². The van der Waals surface area contributed by atoms with Gasteiger partial charge in [-0.3, -0.25) is 0 Å². The second-order valence-corrected chi connectivity index (χ2v) is 14.5. The normalized spacial score (nSPS) is 11.2. The maximum atomic E-state index is 2.41. The van der Waals surface area contributed by atoms with Gasteiger partial charge in [0.15, 0.2) is 0 Å². The first-order chi connectivity index (χ1) is 28.3. The summed E-state index contributed by atoms with van der Waals surface area (Å²) >= 11 is 0. The van der Waals surface area contributed by atoms with Crippen molar-refractivity contribution in [2.75, 3.05) is 4.90 Å². The second-order valence-electron chi connectivity index (χ2n) is 14.5. The van der Waals surface area contributed by atoms with E-state index in [0.29, 0.717) is 0 Å². The van der Waals surface area contributed by atoms with E-state index in [1.54, 1.807) is 0 Å². The lowest BCUT2D eigenvalue weighted by molar-refractivity contribution is 1.28. The lowest BCUT2D eigenvalue weighted by atomic mass is 9.93. The third-order valence-electron chi connectivity index (χ3n) is 11.1. The highest BCUT2D eigenvalue weighted by molar-refractivity contribution is 5.98. The molecule has 0 aliphatic heterocycles. The number of benzene rings is 10. The molecule has 0 unspecified atom stereocenters. The molecular weight excluding hydrogens is 687 g/mol. The number of hydrogen-bond acceptors (Lipinski definition) is 1. The molecule has 0 fully saturated rings. The molecule has 0 aromatic heterocycles. The van der Waals surface area contributed by atoms with E-state index in [2.05, 4.69) is 241 Å². The van der Waals surface area contributed by atoms with E-state index >= 15 is 0 Å². The molecular formula is C56H39N. The standard InChI is InChI=1S/C56H39N/c1-2-14-40(15-3-1)42-28-31-45(32-29-42)55-25-10-11-27-56(55)57(50-21-12-20-47(39-50)54-26-13-19-43-17-6-7-22-51(43)54)49-36-34-44(35-37-49)52-23-8-9-24-53(52)48-33-30-41-16-4-5-18-46(41)38-48/h1-39H. The number of anilines is 3. The topological polar surface area (TPSA) is 3.24 Å². The van der Waals surface area contributed by atoms with Crippen LogP contribution in [0.3, 0.4) is 0 Å². The fraction of sp³-hybridized carbons (Fsp3) is 0. The zero-order chi connectivity index (χ0) is 38.0. The van der Waals surface area contributed by atoms with Gasteiger partial charge in [0.25, 0.3) is 0 Å². The molecule has 0 atom stereocenters. The van der Waals surface area contributed by atoms with Gasteiger partial charge in [0.1, 0.15) is 0 Å². The molecule has 0 spiro atoms. The molecule has 0 aliphatic carbocycles.